The average Bonchev–Trinajstić information content (AvgIpc) is 3.13. The van der Waals surface area contributed by atoms with Gasteiger partial charge in [0.2, 0.25) is 0 Å². The minimum atomic E-state index is -0.406. The van der Waals surface area contributed by atoms with Crippen LogP contribution in [0.4, 0.5) is 0 Å². The van der Waals surface area contributed by atoms with E-state index in [1.807, 2.05) is 29.2 Å². The van der Waals surface area contributed by atoms with Gasteiger partial charge in [-0.25, -0.2) is 4.79 Å². The van der Waals surface area contributed by atoms with Crippen molar-refractivity contribution in [3.63, 3.8) is 0 Å². The van der Waals surface area contributed by atoms with Crippen molar-refractivity contribution in [2.45, 2.75) is 6.54 Å². The van der Waals surface area contributed by atoms with Crippen molar-refractivity contribution in [2.24, 2.45) is 0 Å². The zero-order chi connectivity index (χ0) is 17.8. The molecule has 0 saturated carbocycles. The maximum atomic E-state index is 12.6. The third-order valence-electron chi connectivity index (χ3n) is 4.18. The summed E-state index contributed by atoms with van der Waals surface area (Å²) in [7, 11) is 1.34. The molecule has 0 radical (unpaired) electrons. The molecule has 0 spiro atoms. The summed E-state index contributed by atoms with van der Waals surface area (Å²) in [5, 5.41) is 0.737. The van der Waals surface area contributed by atoms with Crippen LogP contribution in [-0.2, 0) is 11.3 Å². The van der Waals surface area contributed by atoms with Crippen LogP contribution in [0.2, 0.25) is 5.02 Å². The Hall–Kier alpha value is -1.89. The van der Waals surface area contributed by atoms with Crippen molar-refractivity contribution in [2.75, 3.05) is 33.3 Å². The summed E-state index contributed by atoms with van der Waals surface area (Å²) in [5.74, 6) is -0.428. The highest BCUT2D eigenvalue weighted by molar-refractivity contribution is 7.15. The van der Waals surface area contributed by atoms with Gasteiger partial charge in [-0.3, -0.25) is 9.69 Å². The van der Waals surface area contributed by atoms with E-state index in [-0.39, 0.29) is 5.91 Å². The number of halogens is 1. The summed E-state index contributed by atoms with van der Waals surface area (Å²) in [4.78, 5) is 29.3. The van der Waals surface area contributed by atoms with Gasteiger partial charge in [-0.2, -0.15) is 0 Å². The average molecular weight is 379 g/mol. The number of ether oxygens (including phenoxy) is 1. The van der Waals surface area contributed by atoms with Crippen molar-refractivity contribution in [1.29, 1.82) is 0 Å². The van der Waals surface area contributed by atoms with E-state index in [1.54, 1.807) is 12.1 Å². The Bertz CT molecular complexity index is 752. The summed E-state index contributed by atoms with van der Waals surface area (Å²) in [6.45, 7) is 3.85. The van der Waals surface area contributed by atoms with E-state index in [1.165, 1.54) is 24.0 Å². The number of carbonyl (C=O) groups excluding carboxylic acids is 2. The SMILES string of the molecule is COC(=O)c1ccc(C(=O)N2CCN(Cc3ccc(Cl)cc3)CC2)s1. The minimum absolute atomic E-state index is 0.0219. The maximum absolute atomic E-state index is 12.6. The van der Waals surface area contributed by atoms with Gasteiger partial charge in [0, 0.05) is 37.7 Å². The summed E-state index contributed by atoms with van der Waals surface area (Å²) in [6.07, 6.45) is 0. The second-order valence-electron chi connectivity index (χ2n) is 5.85. The van der Waals surface area contributed by atoms with Gasteiger partial charge in [0.1, 0.15) is 4.88 Å². The molecule has 2 heterocycles. The van der Waals surface area contributed by atoms with Crippen molar-refractivity contribution < 1.29 is 14.3 Å². The second-order valence-corrected chi connectivity index (χ2v) is 7.37. The first kappa shape index (κ1) is 17.9. The quantitative estimate of drug-likeness (QED) is 0.767. The number of methoxy groups -OCH3 is 1. The molecule has 1 amide bonds. The lowest BCUT2D eigenvalue weighted by Crippen LogP contribution is -2.48. The van der Waals surface area contributed by atoms with Gasteiger partial charge < -0.3 is 9.64 Å². The first-order chi connectivity index (χ1) is 12.1. The first-order valence-corrected chi connectivity index (χ1v) is 9.20. The number of piperazine rings is 1. The molecule has 0 bridgehead atoms. The highest BCUT2D eigenvalue weighted by Crippen LogP contribution is 2.20. The van der Waals surface area contributed by atoms with Crippen LogP contribution in [0.15, 0.2) is 36.4 Å². The third-order valence-corrected chi connectivity index (χ3v) is 5.49. The van der Waals surface area contributed by atoms with Crippen LogP contribution in [0.5, 0.6) is 0 Å². The van der Waals surface area contributed by atoms with Gasteiger partial charge in [0.25, 0.3) is 5.91 Å². The van der Waals surface area contributed by atoms with E-state index in [2.05, 4.69) is 9.64 Å². The van der Waals surface area contributed by atoms with Crippen molar-refractivity contribution >= 4 is 34.8 Å². The predicted molar refractivity (Wildman–Crippen MR) is 98.3 cm³/mol. The van der Waals surface area contributed by atoms with Gasteiger partial charge in [-0.15, -0.1) is 11.3 Å². The molecule has 1 aromatic heterocycles. The number of benzene rings is 1. The topological polar surface area (TPSA) is 49.9 Å². The molecule has 0 aliphatic carbocycles. The fourth-order valence-corrected chi connectivity index (χ4v) is 3.79. The van der Waals surface area contributed by atoms with Gasteiger partial charge in [0.05, 0.1) is 12.0 Å². The Morgan fingerprint density at radius 1 is 1.04 bits per heavy atom. The Labute approximate surface area is 155 Å². The molecular formula is C18H19ClN2O3S. The van der Waals surface area contributed by atoms with E-state index < -0.39 is 5.97 Å². The molecule has 1 aromatic carbocycles. The van der Waals surface area contributed by atoms with Crippen LogP contribution < -0.4 is 0 Å². The molecular weight excluding hydrogens is 360 g/mol. The smallest absolute Gasteiger partial charge is 0.348 e. The fourth-order valence-electron chi connectivity index (χ4n) is 2.78. The van der Waals surface area contributed by atoms with Gasteiger partial charge in [-0.1, -0.05) is 23.7 Å². The van der Waals surface area contributed by atoms with Crippen LogP contribution in [0.3, 0.4) is 0 Å². The molecule has 3 rings (SSSR count). The van der Waals surface area contributed by atoms with Crippen molar-refractivity contribution in [3.05, 3.63) is 56.7 Å². The van der Waals surface area contributed by atoms with Gasteiger partial charge in [0.15, 0.2) is 0 Å². The maximum Gasteiger partial charge on any atom is 0.348 e. The predicted octanol–water partition coefficient (Wildman–Crippen LogP) is 3.15. The number of hydrogen-bond donors (Lipinski definition) is 0. The number of rotatable bonds is 4. The molecule has 1 aliphatic heterocycles. The molecule has 0 unspecified atom stereocenters. The number of esters is 1. The van der Waals surface area contributed by atoms with Crippen molar-refractivity contribution in [1.82, 2.24) is 9.80 Å². The molecule has 5 nitrogen and oxygen atoms in total. The Kier molecular flexibility index (Phi) is 5.73. The zero-order valence-electron chi connectivity index (χ0n) is 13.9. The number of thiophene rings is 1. The lowest BCUT2D eigenvalue weighted by atomic mass is 10.2. The molecule has 1 saturated heterocycles. The molecule has 0 atom stereocenters. The zero-order valence-corrected chi connectivity index (χ0v) is 15.5. The molecule has 1 fully saturated rings. The Morgan fingerprint density at radius 2 is 1.68 bits per heavy atom. The normalized spacial score (nSPS) is 15.2. The minimum Gasteiger partial charge on any atom is -0.465 e. The van der Waals surface area contributed by atoms with E-state index in [0.29, 0.717) is 22.8 Å². The molecule has 1 aliphatic rings. The van der Waals surface area contributed by atoms with E-state index >= 15 is 0 Å². The van der Waals surface area contributed by atoms with Crippen LogP contribution in [0, 0.1) is 0 Å². The number of carbonyl (C=O) groups is 2. The first-order valence-electron chi connectivity index (χ1n) is 8.01. The van der Waals surface area contributed by atoms with Gasteiger partial charge >= 0.3 is 5.97 Å². The summed E-state index contributed by atoms with van der Waals surface area (Å²) in [6, 6.07) is 11.2. The van der Waals surface area contributed by atoms with Crippen LogP contribution in [0.1, 0.15) is 24.9 Å². The standard InChI is InChI=1S/C18H19ClN2O3S/c1-24-18(23)16-7-6-15(25-16)17(22)21-10-8-20(9-11-21)12-13-2-4-14(19)5-3-13/h2-7H,8-12H2,1H3. The van der Waals surface area contributed by atoms with Crippen LogP contribution >= 0.6 is 22.9 Å². The second kappa shape index (κ2) is 7.99. The van der Waals surface area contributed by atoms with Gasteiger partial charge in [-0.05, 0) is 29.8 Å². The van der Waals surface area contributed by atoms with E-state index in [9.17, 15) is 9.59 Å². The number of nitrogens with zero attached hydrogens (tertiary/aromatic N) is 2. The Balaban J connectivity index is 1.54. The number of amides is 1. The van der Waals surface area contributed by atoms with Crippen LogP contribution in [-0.4, -0.2) is 55.0 Å². The lowest BCUT2D eigenvalue weighted by Gasteiger charge is -2.34. The highest BCUT2D eigenvalue weighted by atomic mass is 35.5. The molecule has 132 valence electrons. The summed E-state index contributed by atoms with van der Waals surface area (Å²) in [5.41, 5.74) is 1.21. The monoisotopic (exact) mass is 378 g/mol. The third kappa shape index (κ3) is 4.39. The fraction of sp³-hybridized carbons (Fsp3) is 0.333. The molecule has 2 aromatic rings. The highest BCUT2D eigenvalue weighted by Gasteiger charge is 2.24. The number of hydrogen-bond acceptors (Lipinski definition) is 5. The van der Waals surface area contributed by atoms with Crippen molar-refractivity contribution in [3.8, 4) is 0 Å². The molecule has 0 N–H and O–H groups in total. The van der Waals surface area contributed by atoms with E-state index in [4.69, 9.17) is 11.6 Å². The molecule has 7 heteroatoms. The lowest BCUT2D eigenvalue weighted by molar-refractivity contribution is 0.0605. The van der Waals surface area contributed by atoms with E-state index in [0.717, 1.165) is 24.7 Å². The largest absolute Gasteiger partial charge is 0.465 e. The van der Waals surface area contributed by atoms with Crippen LogP contribution in [0.25, 0.3) is 0 Å². The summed E-state index contributed by atoms with van der Waals surface area (Å²) >= 11 is 7.09. The summed E-state index contributed by atoms with van der Waals surface area (Å²) < 4.78 is 4.68. The Morgan fingerprint density at radius 3 is 2.32 bits per heavy atom. The molecule has 25 heavy (non-hydrogen) atoms.